The third kappa shape index (κ3) is 4.72. The average molecular weight is 296 g/mol. The maximum atomic E-state index is 11.8. The van der Waals surface area contributed by atoms with Crippen molar-refractivity contribution in [3.63, 3.8) is 0 Å². The first kappa shape index (κ1) is 15.8. The summed E-state index contributed by atoms with van der Waals surface area (Å²) in [5.74, 6) is -0.679. The van der Waals surface area contributed by atoms with Crippen LogP contribution in [0.25, 0.3) is 0 Å². The number of carbonyl (C=O) groups excluding carboxylic acids is 3. The van der Waals surface area contributed by atoms with E-state index in [2.05, 4.69) is 10.6 Å². The van der Waals surface area contributed by atoms with Gasteiger partial charge in [-0.2, -0.15) is 0 Å². The lowest BCUT2D eigenvalue weighted by Crippen LogP contribution is -2.48. The summed E-state index contributed by atoms with van der Waals surface area (Å²) < 4.78 is 5.07. The lowest BCUT2D eigenvalue weighted by Gasteiger charge is -2.23. The largest absolute Gasteiger partial charge is 0.452 e. The predicted molar refractivity (Wildman–Crippen MR) is 76.4 cm³/mol. The maximum Gasteiger partial charge on any atom is 0.321 e. The molecule has 0 aromatic carbocycles. The maximum absolute atomic E-state index is 11.8. The Hall–Kier alpha value is -1.59. The molecule has 3 atom stereocenters. The number of esters is 1. The number of nitrogens with one attached hydrogen (secondary N) is 2. The van der Waals surface area contributed by atoms with Crippen LogP contribution >= 0.6 is 0 Å². The fraction of sp³-hybridized carbons (Fsp3) is 0.800. The van der Waals surface area contributed by atoms with Crippen molar-refractivity contribution in [3.05, 3.63) is 0 Å². The van der Waals surface area contributed by atoms with Crippen molar-refractivity contribution in [3.8, 4) is 0 Å². The van der Waals surface area contributed by atoms with Gasteiger partial charge >= 0.3 is 12.0 Å². The van der Waals surface area contributed by atoms with E-state index in [1.54, 1.807) is 0 Å². The summed E-state index contributed by atoms with van der Waals surface area (Å²) in [5.41, 5.74) is 0. The van der Waals surface area contributed by atoms with E-state index in [0.29, 0.717) is 5.92 Å². The fourth-order valence-electron chi connectivity index (χ4n) is 2.65. The lowest BCUT2D eigenvalue weighted by molar-refractivity contribution is -0.156. The highest BCUT2D eigenvalue weighted by Crippen LogP contribution is 2.38. The minimum Gasteiger partial charge on any atom is -0.452 e. The summed E-state index contributed by atoms with van der Waals surface area (Å²) in [6, 6.07) is -0.369. The molecule has 0 radical (unpaired) electrons. The molecule has 3 amide bonds. The second-order valence-electron chi connectivity index (χ2n) is 6.20. The average Bonchev–Trinajstić information content (AvgIpc) is 3.16. The number of urea groups is 1. The van der Waals surface area contributed by atoms with Crippen LogP contribution < -0.4 is 10.6 Å². The minimum absolute atomic E-state index is 0.0867. The Bertz CT molecular complexity index is 418. The van der Waals surface area contributed by atoms with Crippen molar-refractivity contribution in [2.45, 2.75) is 64.5 Å². The molecule has 2 saturated carbocycles. The normalized spacial score (nSPS) is 26.6. The van der Waals surface area contributed by atoms with Gasteiger partial charge in [0.15, 0.2) is 6.10 Å². The quantitative estimate of drug-likeness (QED) is 0.774. The van der Waals surface area contributed by atoms with Gasteiger partial charge in [0, 0.05) is 6.04 Å². The second-order valence-corrected chi connectivity index (χ2v) is 6.20. The molecule has 0 bridgehead atoms. The second kappa shape index (κ2) is 6.91. The Kier molecular flexibility index (Phi) is 5.20. The summed E-state index contributed by atoms with van der Waals surface area (Å²) in [6.45, 7) is 3.45. The number of ether oxygens (including phenoxy) is 1. The molecule has 0 spiro atoms. The Labute approximate surface area is 125 Å². The van der Waals surface area contributed by atoms with Crippen molar-refractivity contribution >= 4 is 17.9 Å². The van der Waals surface area contributed by atoms with E-state index in [4.69, 9.17) is 4.74 Å². The molecule has 2 N–H and O–H groups in total. The van der Waals surface area contributed by atoms with Crippen LogP contribution in [0.2, 0.25) is 0 Å². The third-order valence-corrected chi connectivity index (χ3v) is 4.25. The summed E-state index contributed by atoms with van der Waals surface area (Å²) in [7, 11) is 0. The molecule has 2 aliphatic rings. The molecule has 2 fully saturated rings. The SMILES string of the molecule is C[C@H](OC(=O)[C@@H]1C[C@@H]1C)C(=O)NC(=O)NC1CCCCC1. The molecule has 6 nitrogen and oxygen atoms in total. The smallest absolute Gasteiger partial charge is 0.321 e. The monoisotopic (exact) mass is 296 g/mol. The van der Waals surface area contributed by atoms with Gasteiger partial charge in [0.2, 0.25) is 0 Å². The highest BCUT2D eigenvalue weighted by Gasteiger charge is 2.41. The van der Waals surface area contributed by atoms with Gasteiger partial charge < -0.3 is 10.1 Å². The molecule has 0 saturated heterocycles. The van der Waals surface area contributed by atoms with E-state index in [1.807, 2.05) is 6.92 Å². The van der Waals surface area contributed by atoms with Gasteiger partial charge in [-0.3, -0.25) is 14.9 Å². The van der Waals surface area contributed by atoms with Gasteiger partial charge in [-0.15, -0.1) is 0 Å². The molecule has 6 heteroatoms. The van der Waals surface area contributed by atoms with Crippen LogP contribution in [0.15, 0.2) is 0 Å². The van der Waals surface area contributed by atoms with E-state index in [0.717, 1.165) is 32.1 Å². The number of hydrogen-bond donors (Lipinski definition) is 2. The van der Waals surface area contributed by atoms with Crippen molar-refractivity contribution in [2.75, 3.05) is 0 Å². The lowest BCUT2D eigenvalue weighted by atomic mass is 9.96. The fourth-order valence-corrected chi connectivity index (χ4v) is 2.65. The molecule has 0 unspecified atom stereocenters. The molecule has 2 aliphatic carbocycles. The number of imide groups is 1. The molecule has 0 aliphatic heterocycles. The van der Waals surface area contributed by atoms with Gasteiger partial charge in [0.1, 0.15) is 0 Å². The minimum atomic E-state index is -0.942. The predicted octanol–water partition coefficient (Wildman–Crippen LogP) is 1.73. The first-order valence-corrected chi connectivity index (χ1v) is 7.79. The molecule has 0 aromatic rings. The van der Waals surface area contributed by atoms with Gasteiger partial charge in [-0.25, -0.2) is 4.79 Å². The van der Waals surface area contributed by atoms with E-state index in [-0.39, 0.29) is 17.9 Å². The topological polar surface area (TPSA) is 84.5 Å². The zero-order chi connectivity index (χ0) is 15.4. The van der Waals surface area contributed by atoms with Crippen LogP contribution in [-0.4, -0.2) is 30.1 Å². The first-order chi connectivity index (χ1) is 9.97. The van der Waals surface area contributed by atoms with E-state index < -0.39 is 18.0 Å². The van der Waals surface area contributed by atoms with Crippen molar-refractivity contribution in [1.82, 2.24) is 10.6 Å². The Balaban J connectivity index is 1.69. The van der Waals surface area contributed by atoms with Crippen molar-refractivity contribution in [2.24, 2.45) is 11.8 Å². The van der Waals surface area contributed by atoms with Gasteiger partial charge in [-0.1, -0.05) is 26.2 Å². The summed E-state index contributed by atoms with van der Waals surface area (Å²) in [4.78, 5) is 35.2. The zero-order valence-electron chi connectivity index (χ0n) is 12.7. The van der Waals surface area contributed by atoms with E-state index in [1.165, 1.54) is 13.3 Å². The van der Waals surface area contributed by atoms with E-state index in [9.17, 15) is 14.4 Å². The zero-order valence-corrected chi connectivity index (χ0v) is 12.7. The molecule has 2 rings (SSSR count). The van der Waals surface area contributed by atoms with Crippen LogP contribution in [0.4, 0.5) is 4.79 Å². The molecule has 118 valence electrons. The van der Waals surface area contributed by atoms with Crippen LogP contribution in [0, 0.1) is 11.8 Å². The summed E-state index contributed by atoms with van der Waals surface area (Å²) in [6.07, 6.45) is 5.18. The molecular formula is C15H24N2O4. The standard InChI is InChI=1S/C15H24N2O4/c1-9-8-12(9)14(19)21-10(2)13(18)17-15(20)16-11-6-4-3-5-7-11/h9-12H,3-8H2,1-2H3,(H2,16,17,18,20)/t9-,10-,12+/m0/s1. The van der Waals surface area contributed by atoms with Crippen molar-refractivity contribution in [1.29, 1.82) is 0 Å². The highest BCUT2D eigenvalue weighted by molar-refractivity contribution is 5.97. The van der Waals surface area contributed by atoms with Gasteiger partial charge in [0.05, 0.1) is 5.92 Å². The van der Waals surface area contributed by atoms with E-state index >= 15 is 0 Å². The molecule has 0 heterocycles. The molecular weight excluding hydrogens is 272 g/mol. The van der Waals surface area contributed by atoms with Crippen LogP contribution in [-0.2, 0) is 14.3 Å². The Morgan fingerprint density at radius 1 is 1.14 bits per heavy atom. The first-order valence-electron chi connectivity index (χ1n) is 7.79. The van der Waals surface area contributed by atoms with Crippen LogP contribution in [0.3, 0.4) is 0 Å². The number of hydrogen-bond acceptors (Lipinski definition) is 4. The third-order valence-electron chi connectivity index (χ3n) is 4.25. The molecule has 21 heavy (non-hydrogen) atoms. The summed E-state index contributed by atoms with van der Waals surface area (Å²) >= 11 is 0. The van der Waals surface area contributed by atoms with Crippen LogP contribution in [0.5, 0.6) is 0 Å². The summed E-state index contributed by atoms with van der Waals surface area (Å²) in [5, 5.41) is 5.03. The Morgan fingerprint density at radius 2 is 1.76 bits per heavy atom. The molecule has 0 aromatic heterocycles. The number of rotatable bonds is 4. The van der Waals surface area contributed by atoms with Gasteiger partial charge in [-0.05, 0) is 32.1 Å². The van der Waals surface area contributed by atoms with Gasteiger partial charge in [0.25, 0.3) is 5.91 Å². The number of carbonyl (C=O) groups is 3. The Morgan fingerprint density at radius 3 is 2.33 bits per heavy atom. The van der Waals surface area contributed by atoms with Crippen LogP contribution in [0.1, 0.15) is 52.4 Å². The van der Waals surface area contributed by atoms with Crippen molar-refractivity contribution < 1.29 is 19.1 Å². The highest BCUT2D eigenvalue weighted by atomic mass is 16.5. The number of amides is 3.